The van der Waals surface area contributed by atoms with Crippen molar-refractivity contribution in [2.24, 2.45) is 9.98 Å². The van der Waals surface area contributed by atoms with Gasteiger partial charge in [-0.2, -0.15) is 0 Å². The van der Waals surface area contributed by atoms with Gasteiger partial charge < -0.3 is 5.32 Å². The molecular weight excluding hydrogens is 210 g/mol. The normalized spacial score (nSPS) is 16.5. The van der Waals surface area contributed by atoms with Gasteiger partial charge in [0.15, 0.2) is 0 Å². The smallest absolute Gasteiger partial charge is 0.147 e. The van der Waals surface area contributed by atoms with Crippen molar-refractivity contribution in [2.45, 2.75) is 32.0 Å². The number of benzene rings is 1. The highest BCUT2D eigenvalue weighted by molar-refractivity contribution is 6.17. The zero-order valence-electron chi connectivity index (χ0n) is 10.3. The molecule has 2 rings (SSSR count). The topological polar surface area (TPSA) is 36.8 Å². The second-order valence-electron chi connectivity index (χ2n) is 4.54. The standard InChI is InChI=1S/C14H19N3/c1-14(16-10-11-17-14)8-5-9-15-12-13-6-3-2-4-7-13/h2-4,6-7,10-11,15H,5,8-9,12H2,1H3. The van der Waals surface area contributed by atoms with Crippen LogP contribution in [0.4, 0.5) is 0 Å². The molecule has 1 N–H and O–H groups in total. The van der Waals surface area contributed by atoms with E-state index in [1.807, 2.05) is 6.07 Å². The van der Waals surface area contributed by atoms with Crippen LogP contribution >= 0.6 is 0 Å². The predicted molar refractivity (Wildman–Crippen MR) is 72.8 cm³/mol. The number of nitrogens with zero attached hydrogens (tertiary/aromatic N) is 2. The fourth-order valence-corrected chi connectivity index (χ4v) is 1.93. The average Bonchev–Trinajstić information content (AvgIpc) is 2.77. The Morgan fingerprint density at radius 2 is 1.82 bits per heavy atom. The molecule has 1 heterocycles. The molecule has 0 radical (unpaired) electrons. The van der Waals surface area contributed by atoms with E-state index in [9.17, 15) is 0 Å². The highest BCUT2D eigenvalue weighted by atomic mass is 15.1. The van der Waals surface area contributed by atoms with Crippen molar-refractivity contribution in [3.8, 4) is 0 Å². The van der Waals surface area contributed by atoms with Crippen LogP contribution in [-0.4, -0.2) is 24.6 Å². The highest BCUT2D eigenvalue weighted by Crippen LogP contribution is 2.20. The van der Waals surface area contributed by atoms with E-state index < -0.39 is 0 Å². The van der Waals surface area contributed by atoms with E-state index >= 15 is 0 Å². The van der Waals surface area contributed by atoms with Crippen LogP contribution in [0.1, 0.15) is 25.3 Å². The molecule has 0 atom stereocenters. The Morgan fingerprint density at radius 3 is 2.53 bits per heavy atom. The quantitative estimate of drug-likeness (QED) is 0.747. The minimum atomic E-state index is -0.200. The summed E-state index contributed by atoms with van der Waals surface area (Å²) in [5, 5.41) is 3.44. The Morgan fingerprint density at radius 1 is 1.12 bits per heavy atom. The first-order valence-electron chi connectivity index (χ1n) is 6.12. The van der Waals surface area contributed by atoms with E-state index in [1.54, 1.807) is 12.4 Å². The van der Waals surface area contributed by atoms with E-state index in [0.29, 0.717) is 0 Å². The van der Waals surface area contributed by atoms with Crippen LogP contribution in [0.5, 0.6) is 0 Å². The first-order valence-corrected chi connectivity index (χ1v) is 6.12. The summed E-state index contributed by atoms with van der Waals surface area (Å²) in [5.41, 5.74) is 1.13. The molecule has 0 unspecified atom stereocenters. The van der Waals surface area contributed by atoms with E-state index in [0.717, 1.165) is 25.9 Å². The summed E-state index contributed by atoms with van der Waals surface area (Å²) in [4.78, 5) is 8.70. The molecule has 0 fully saturated rings. The molecule has 0 saturated heterocycles. The third-order valence-electron chi connectivity index (χ3n) is 2.95. The molecule has 0 amide bonds. The van der Waals surface area contributed by atoms with Gasteiger partial charge in [-0.15, -0.1) is 0 Å². The van der Waals surface area contributed by atoms with Crippen LogP contribution in [0.2, 0.25) is 0 Å². The number of nitrogens with one attached hydrogen (secondary N) is 1. The van der Waals surface area contributed by atoms with Crippen molar-refractivity contribution in [1.29, 1.82) is 0 Å². The zero-order chi connectivity index (χ0) is 12.0. The van der Waals surface area contributed by atoms with Gasteiger partial charge in [0, 0.05) is 19.0 Å². The Hall–Kier alpha value is -1.48. The second kappa shape index (κ2) is 5.73. The van der Waals surface area contributed by atoms with Crippen LogP contribution in [0.15, 0.2) is 40.3 Å². The number of hydrogen-bond donors (Lipinski definition) is 1. The summed E-state index contributed by atoms with van der Waals surface area (Å²) in [7, 11) is 0. The molecule has 1 aromatic carbocycles. The van der Waals surface area contributed by atoms with Crippen LogP contribution in [0.25, 0.3) is 0 Å². The maximum Gasteiger partial charge on any atom is 0.147 e. The number of hydrogen-bond acceptors (Lipinski definition) is 3. The fraction of sp³-hybridized carbons (Fsp3) is 0.429. The van der Waals surface area contributed by atoms with Crippen molar-refractivity contribution in [3.63, 3.8) is 0 Å². The molecule has 0 aliphatic carbocycles. The van der Waals surface area contributed by atoms with Gasteiger partial charge in [-0.25, -0.2) is 0 Å². The Bertz CT molecular complexity index is 383. The lowest BCUT2D eigenvalue weighted by molar-refractivity contribution is 0.441. The summed E-state index contributed by atoms with van der Waals surface area (Å²) in [5.74, 6) is 0. The van der Waals surface area contributed by atoms with Crippen molar-refractivity contribution < 1.29 is 0 Å². The van der Waals surface area contributed by atoms with Gasteiger partial charge in [0.05, 0.1) is 0 Å². The van der Waals surface area contributed by atoms with Crippen molar-refractivity contribution in [3.05, 3.63) is 35.9 Å². The minimum Gasteiger partial charge on any atom is -0.313 e. The molecule has 1 aliphatic rings. The largest absolute Gasteiger partial charge is 0.313 e. The summed E-state index contributed by atoms with van der Waals surface area (Å²) < 4.78 is 0. The summed E-state index contributed by atoms with van der Waals surface area (Å²) in [6.07, 6.45) is 5.68. The van der Waals surface area contributed by atoms with E-state index in [-0.39, 0.29) is 5.66 Å². The van der Waals surface area contributed by atoms with E-state index in [2.05, 4.69) is 46.5 Å². The van der Waals surface area contributed by atoms with Gasteiger partial charge >= 0.3 is 0 Å². The maximum atomic E-state index is 4.35. The Balaban J connectivity index is 1.61. The molecule has 3 heteroatoms. The lowest BCUT2D eigenvalue weighted by Crippen LogP contribution is -2.21. The van der Waals surface area contributed by atoms with Crippen LogP contribution in [0, 0.1) is 0 Å². The van der Waals surface area contributed by atoms with Crippen molar-refractivity contribution in [2.75, 3.05) is 6.54 Å². The summed E-state index contributed by atoms with van der Waals surface area (Å²) in [6, 6.07) is 10.5. The molecular formula is C14H19N3. The minimum absolute atomic E-state index is 0.200. The monoisotopic (exact) mass is 229 g/mol. The molecule has 1 aromatic rings. The van der Waals surface area contributed by atoms with Gasteiger partial charge in [-0.3, -0.25) is 9.98 Å². The first-order chi connectivity index (χ1) is 8.29. The average molecular weight is 229 g/mol. The summed E-state index contributed by atoms with van der Waals surface area (Å²) >= 11 is 0. The zero-order valence-corrected chi connectivity index (χ0v) is 10.3. The lowest BCUT2D eigenvalue weighted by atomic mass is 10.1. The molecule has 0 aromatic heterocycles. The maximum absolute atomic E-state index is 4.35. The number of aliphatic imine (C=N–C) groups is 2. The third-order valence-corrected chi connectivity index (χ3v) is 2.95. The van der Waals surface area contributed by atoms with Gasteiger partial charge in [0.1, 0.15) is 5.66 Å². The predicted octanol–water partition coefficient (Wildman–Crippen LogP) is 2.43. The fourth-order valence-electron chi connectivity index (χ4n) is 1.93. The van der Waals surface area contributed by atoms with E-state index in [1.165, 1.54) is 5.56 Å². The lowest BCUT2D eigenvalue weighted by Gasteiger charge is -2.16. The molecule has 0 bridgehead atoms. The van der Waals surface area contributed by atoms with Crippen LogP contribution in [0.3, 0.4) is 0 Å². The first kappa shape index (κ1) is 12.0. The van der Waals surface area contributed by atoms with Gasteiger partial charge in [0.25, 0.3) is 0 Å². The van der Waals surface area contributed by atoms with Gasteiger partial charge in [0.2, 0.25) is 0 Å². The van der Waals surface area contributed by atoms with Crippen LogP contribution < -0.4 is 5.32 Å². The molecule has 90 valence electrons. The third kappa shape index (κ3) is 3.79. The second-order valence-corrected chi connectivity index (χ2v) is 4.54. The molecule has 3 nitrogen and oxygen atoms in total. The molecule has 17 heavy (non-hydrogen) atoms. The Kier molecular flexibility index (Phi) is 4.04. The molecule has 1 aliphatic heterocycles. The molecule has 0 saturated carbocycles. The van der Waals surface area contributed by atoms with Crippen molar-refractivity contribution >= 4 is 12.4 Å². The highest BCUT2D eigenvalue weighted by Gasteiger charge is 2.21. The Labute approximate surface area is 103 Å². The number of rotatable bonds is 6. The van der Waals surface area contributed by atoms with Crippen LogP contribution in [-0.2, 0) is 6.54 Å². The van der Waals surface area contributed by atoms with Gasteiger partial charge in [-0.1, -0.05) is 30.3 Å². The summed E-state index contributed by atoms with van der Waals surface area (Å²) in [6.45, 7) is 4.02. The van der Waals surface area contributed by atoms with E-state index in [4.69, 9.17) is 0 Å². The van der Waals surface area contributed by atoms with Crippen molar-refractivity contribution in [1.82, 2.24) is 5.32 Å². The molecule has 0 spiro atoms. The SMILES string of the molecule is CC1(CCCNCc2ccccc2)N=CC=N1. The van der Waals surface area contributed by atoms with Gasteiger partial charge in [-0.05, 0) is 31.9 Å².